The van der Waals surface area contributed by atoms with Crippen molar-refractivity contribution in [2.24, 2.45) is 17.8 Å². The topological polar surface area (TPSA) is 9.23 Å². The van der Waals surface area contributed by atoms with E-state index in [0.717, 1.165) is 72.5 Å². The van der Waals surface area contributed by atoms with Crippen LogP contribution in [0.4, 0.5) is 51.8 Å². The van der Waals surface area contributed by atoms with E-state index in [2.05, 4.69) is 18.2 Å². The van der Waals surface area contributed by atoms with E-state index in [1.165, 1.54) is 38.5 Å². The SMILES string of the molecule is COc1cc[c]([K])c(C23CC4CC(CC(C4)C2)C3)c1.F[B-](F)(F)F.F[B-](F)(F)F.F[B-](F)(F)F. The molecule has 4 aliphatic carbocycles. The zero-order valence-corrected chi connectivity index (χ0v) is 21.5. The van der Waals surface area contributed by atoms with Crippen molar-refractivity contribution in [3.63, 3.8) is 0 Å². The molecule has 4 fully saturated rings. The number of rotatable bonds is 2. The van der Waals surface area contributed by atoms with E-state index < -0.39 is 21.8 Å². The molecule has 4 saturated carbocycles. The normalized spacial score (nSPS) is 27.4. The third-order valence-electron chi connectivity index (χ3n) is 6.05. The van der Waals surface area contributed by atoms with Gasteiger partial charge in [0.05, 0.1) is 0 Å². The molecule has 0 heterocycles. The number of hydrogen-bond donors (Lipinski definition) is 0. The largest absolute Gasteiger partial charge is 0.673 e. The predicted octanol–water partition coefficient (Wildman–Crippen LogP) is 6.86. The molecule has 192 valence electrons. The van der Waals surface area contributed by atoms with Crippen molar-refractivity contribution in [3.05, 3.63) is 23.8 Å². The summed E-state index contributed by atoms with van der Waals surface area (Å²) in [5.41, 5.74) is 2.23. The monoisotopic (exact) mass is 541 g/mol. The fourth-order valence-electron chi connectivity index (χ4n) is 5.74. The van der Waals surface area contributed by atoms with Gasteiger partial charge in [0, 0.05) is 0 Å². The van der Waals surface area contributed by atoms with Gasteiger partial charge in [0.2, 0.25) is 0 Å². The molecule has 1 nitrogen and oxygen atoms in total. The number of methoxy groups -OCH3 is 1. The molecule has 0 radical (unpaired) electrons. The Hall–Kier alpha value is 0.0112. The molecule has 0 atom stereocenters. The summed E-state index contributed by atoms with van der Waals surface area (Å²) in [6.07, 6.45) is 9.00. The third-order valence-corrected chi connectivity index (χ3v) is 7.42. The molecule has 17 heteroatoms. The van der Waals surface area contributed by atoms with Gasteiger partial charge in [-0.25, -0.2) is 0 Å². The molecule has 1 aromatic carbocycles. The minimum Gasteiger partial charge on any atom is -0.418 e. The average molecular weight is 541 g/mol. The van der Waals surface area contributed by atoms with Gasteiger partial charge in [-0.15, -0.1) is 0 Å². The zero-order valence-electron chi connectivity index (χ0n) is 18.4. The maximum absolute atomic E-state index is 9.75. The maximum atomic E-state index is 9.75. The van der Waals surface area contributed by atoms with Crippen molar-refractivity contribution in [3.8, 4) is 5.75 Å². The number of ether oxygens (including phenoxy) is 1. The van der Waals surface area contributed by atoms with Crippen LogP contribution in [0, 0.1) is 17.8 Å². The third kappa shape index (κ3) is 13.4. The first kappa shape index (κ1) is 32.0. The number of halogens is 12. The van der Waals surface area contributed by atoms with Crippen molar-refractivity contribution < 1.29 is 56.5 Å². The van der Waals surface area contributed by atoms with Crippen LogP contribution in [0.5, 0.6) is 5.75 Å². The first-order chi connectivity index (χ1) is 15.2. The summed E-state index contributed by atoms with van der Waals surface area (Å²) < 4.78 is 124. The minimum atomic E-state index is -6.00. The molecule has 0 aromatic heterocycles. The molecule has 34 heavy (non-hydrogen) atoms. The summed E-state index contributed by atoms with van der Waals surface area (Å²) in [5, 5.41) is 0. The second kappa shape index (κ2) is 12.5. The van der Waals surface area contributed by atoms with E-state index >= 15 is 0 Å². The van der Waals surface area contributed by atoms with Crippen LogP contribution in [0.15, 0.2) is 18.2 Å². The first-order valence-electron chi connectivity index (χ1n) is 10.5. The van der Waals surface area contributed by atoms with E-state index in [0.29, 0.717) is 5.41 Å². The fraction of sp³-hybridized carbons (Fsp3) is 0.647. The van der Waals surface area contributed by atoms with Gasteiger partial charge in [-0.3, -0.25) is 0 Å². The maximum Gasteiger partial charge on any atom is 0.673 e. The molecule has 0 amide bonds. The van der Waals surface area contributed by atoms with Crippen molar-refractivity contribution in [1.82, 2.24) is 0 Å². The Bertz CT molecular complexity index is 703. The first-order valence-corrected chi connectivity index (χ1v) is 12.0. The van der Waals surface area contributed by atoms with E-state index in [1.54, 1.807) is 12.3 Å². The molecule has 0 aliphatic heterocycles. The van der Waals surface area contributed by atoms with Gasteiger partial charge in [0.25, 0.3) is 0 Å². The fourth-order valence-corrected chi connectivity index (χ4v) is 7.05. The Labute approximate surface area is 223 Å². The average Bonchev–Trinajstić information content (AvgIpc) is 2.56. The van der Waals surface area contributed by atoms with Crippen LogP contribution in [0.25, 0.3) is 0 Å². The summed E-state index contributed by atoms with van der Waals surface area (Å²) in [6, 6.07) is 6.88. The van der Waals surface area contributed by atoms with Crippen LogP contribution >= 0.6 is 0 Å². The van der Waals surface area contributed by atoms with Gasteiger partial charge >= 0.3 is 173 Å². The van der Waals surface area contributed by atoms with Crippen LogP contribution in [0.2, 0.25) is 0 Å². The molecule has 0 spiro atoms. The van der Waals surface area contributed by atoms with E-state index in [-0.39, 0.29) is 0 Å². The van der Waals surface area contributed by atoms with Crippen molar-refractivity contribution in [1.29, 1.82) is 0 Å². The predicted molar refractivity (Wildman–Crippen MR) is 109 cm³/mol. The van der Waals surface area contributed by atoms with Gasteiger partial charge < -0.3 is 51.8 Å². The van der Waals surface area contributed by atoms with Crippen LogP contribution in [0.3, 0.4) is 0 Å². The summed E-state index contributed by atoms with van der Waals surface area (Å²) in [6.45, 7) is 0. The minimum absolute atomic E-state index is 0.540. The molecule has 4 bridgehead atoms. The van der Waals surface area contributed by atoms with Crippen molar-refractivity contribution in [2.75, 3.05) is 7.11 Å². The van der Waals surface area contributed by atoms with Gasteiger partial charge in [-0.05, 0) is 0 Å². The molecule has 5 rings (SSSR count). The summed E-state index contributed by atoms with van der Waals surface area (Å²) in [5.74, 6) is 4.16. The molecular weight excluding hydrogens is 520 g/mol. The van der Waals surface area contributed by atoms with Crippen LogP contribution < -0.4 is 4.39 Å². The number of hydrogen-bond acceptors (Lipinski definition) is 1. The zero-order chi connectivity index (χ0) is 26.5. The van der Waals surface area contributed by atoms with Gasteiger partial charge in [-0.1, -0.05) is 0 Å². The van der Waals surface area contributed by atoms with Crippen molar-refractivity contribution >= 4 is 70.4 Å². The second-order valence-electron chi connectivity index (χ2n) is 8.86. The van der Waals surface area contributed by atoms with Gasteiger partial charge in [-0.2, -0.15) is 0 Å². The molecule has 0 N–H and O–H groups in total. The molecule has 0 saturated heterocycles. The van der Waals surface area contributed by atoms with Crippen LogP contribution in [0.1, 0.15) is 44.1 Å². The van der Waals surface area contributed by atoms with E-state index in [1.807, 2.05) is 0 Å². The van der Waals surface area contributed by atoms with E-state index in [9.17, 15) is 51.8 Å². The Morgan fingerprint density at radius 2 is 1.03 bits per heavy atom. The molecule has 4 aliphatic rings. The summed E-state index contributed by atoms with van der Waals surface area (Å²) in [4.78, 5) is 0. The Balaban J connectivity index is 0.000000320. The van der Waals surface area contributed by atoms with E-state index in [4.69, 9.17) is 4.74 Å². The molecule has 1 aromatic rings. The molecular formula is C17H21B3F12KO-3. The summed E-state index contributed by atoms with van der Waals surface area (Å²) >= 11 is 0.776. The standard InChI is InChI=1S/C17H21O.3BF4.K/c1-18-16-4-2-3-15(8-16)17-9-12-5-13(10-17)7-14(6-12)11-17;3*2-1(3,4)5;/h2,4,8,12-14H,5-7,9-11H2,1H3;;;;/q;3*-1;. The summed E-state index contributed by atoms with van der Waals surface area (Å²) in [7, 11) is -16.2. The Morgan fingerprint density at radius 1 is 0.706 bits per heavy atom. The van der Waals surface area contributed by atoms with Gasteiger partial charge in [0.15, 0.2) is 0 Å². The Morgan fingerprint density at radius 3 is 1.32 bits per heavy atom. The second-order valence-corrected chi connectivity index (χ2v) is 10.5. The van der Waals surface area contributed by atoms with Crippen LogP contribution in [-0.4, -0.2) is 77.8 Å². The molecule has 0 unspecified atom stereocenters. The number of benzene rings is 1. The smallest absolute Gasteiger partial charge is 0.418 e. The Kier molecular flexibility index (Phi) is 11.8. The van der Waals surface area contributed by atoms with Crippen molar-refractivity contribution in [2.45, 2.75) is 43.9 Å². The van der Waals surface area contributed by atoms with Gasteiger partial charge in [0.1, 0.15) is 0 Å². The quantitative estimate of drug-likeness (QED) is 0.294. The van der Waals surface area contributed by atoms with Crippen LogP contribution in [-0.2, 0) is 5.41 Å².